The van der Waals surface area contributed by atoms with Crippen LogP contribution < -0.4 is 4.90 Å². The average molecular weight is 422 g/mol. The summed E-state index contributed by atoms with van der Waals surface area (Å²) in [6, 6.07) is 21.7. The normalized spacial score (nSPS) is 10.9. The van der Waals surface area contributed by atoms with Crippen molar-refractivity contribution in [1.29, 1.82) is 0 Å². The predicted molar refractivity (Wildman–Crippen MR) is 117 cm³/mol. The van der Waals surface area contributed by atoms with Crippen LogP contribution >= 0.6 is 11.6 Å². The Morgan fingerprint density at radius 2 is 1.60 bits per heavy atom. The molecule has 4 rings (SSSR count). The van der Waals surface area contributed by atoms with E-state index in [1.54, 1.807) is 16.8 Å². The highest BCUT2D eigenvalue weighted by Crippen LogP contribution is 2.23. The van der Waals surface area contributed by atoms with Gasteiger partial charge in [-0.2, -0.15) is 5.10 Å². The molecule has 4 aromatic rings. The maximum absolute atomic E-state index is 13.5. The van der Waals surface area contributed by atoms with Crippen LogP contribution in [0.25, 0.3) is 5.69 Å². The molecule has 0 atom stereocenters. The molecule has 0 amide bonds. The summed E-state index contributed by atoms with van der Waals surface area (Å²) in [7, 11) is 0. The lowest BCUT2D eigenvalue weighted by Crippen LogP contribution is -2.22. The van der Waals surface area contributed by atoms with Gasteiger partial charge in [0, 0.05) is 35.6 Å². The van der Waals surface area contributed by atoms with Gasteiger partial charge in [0.25, 0.3) is 0 Å². The van der Waals surface area contributed by atoms with Crippen molar-refractivity contribution in [3.05, 3.63) is 113 Å². The minimum atomic E-state index is -0.273. The molecule has 0 radical (unpaired) electrons. The first kappa shape index (κ1) is 20.1. The molecule has 0 aliphatic carbocycles. The molecule has 30 heavy (non-hydrogen) atoms. The van der Waals surface area contributed by atoms with E-state index in [0.717, 1.165) is 28.1 Å². The smallest absolute Gasteiger partial charge is 0.123 e. The van der Waals surface area contributed by atoms with Gasteiger partial charge in [0.15, 0.2) is 0 Å². The molecule has 0 aliphatic rings. The fourth-order valence-corrected chi connectivity index (χ4v) is 3.49. The summed E-state index contributed by atoms with van der Waals surface area (Å²) in [5, 5.41) is 14.8. The number of aliphatic hydroxyl groups excluding tert-OH is 1. The van der Waals surface area contributed by atoms with E-state index in [4.69, 9.17) is 11.6 Å². The standard InChI is InChI=1S/C24H21ClFN3O/c25-21-5-9-24(10-6-21)29-15-18(13-27-29)14-28(23-11-7-22(26)8-12-23)16-19-3-1-2-4-20(19)17-30/h1-13,15,30H,14,16-17H2. The van der Waals surface area contributed by atoms with E-state index in [1.165, 1.54) is 12.1 Å². The average Bonchev–Trinajstić information content (AvgIpc) is 3.23. The maximum Gasteiger partial charge on any atom is 0.123 e. The Hall–Kier alpha value is -3.15. The van der Waals surface area contributed by atoms with Crippen molar-refractivity contribution >= 4 is 17.3 Å². The minimum absolute atomic E-state index is 0.0259. The monoisotopic (exact) mass is 421 g/mol. The molecular formula is C24H21ClFN3O. The third kappa shape index (κ3) is 4.70. The van der Waals surface area contributed by atoms with Gasteiger partial charge >= 0.3 is 0 Å². The van der Waals surface area contributed by atoms with Crippen molar-refractivity contribution in [3.63, 3.8) is 0 Å². The summed E-state index contributed by atoms with van der Waals surface area (Å²) in [6.07, 6.45) is 3.79. The van der Waals surface area contributed by atoms with Crippen LogP contribution in [0.2, 0.25) is 5.02 Å². The van der Waals surface area contributed by atoms with E-state index in [0.29, 0.717) is 18.1 Å². The van der Waals surface area contributed by atoms with Gasteiger partial charge in [0.05, 0.1) is 18.5 Å². The molecule has 0 spiro atoms. The summed E-state index contributed by atoms with van der Waals surface area (Å²) < 4.78 is 15.3. The Morgan fingerprint density at radius 1 is 0.900 bits per heavy atom. The summed E-state index contributed by atoms with van der Waals surface area (Å²) >= 11 is 5.97. The maximum atomic E-state index is 13.5. The number of anilines is 1. The lowest BCUT2D eigenvalue weighted by Gasteiger charge is -2.25. The Morgan fingerprint density at radius 3 is 2.30 bits per heavy atom. The van der Waals surface area contributed by atoms with Crippen molar-refractivity contribution in [2.45, 2.75) is 19.7 Å². The van der Waals surface area contributed by atoms with Crippen LogP contribution in [0.1, 0.15) is 16.7 Å². The van der Waals surface area contributed by atoms with Gasteiger partial charge in [-0.25, -0.2) is 9.07 Å². The molecular weight excluding hydrogens is 401 g/mol. The number of nitrogens with zero attached hydrogens (tertiary/aromatic N) is 3. The first-order valence-electron chi connectivity index (χ1n) is 9.60. The molecule has 0 saturated carbocycles. The Labute approximate surface area is 179 Å². The van der Waals surface area contributed by atoms with Crippen molar-refractivity contribution in [1.82, 2.24) is 9.78 Å². The molecule has 6 heteroatoms. The Balaban J connectivity index is 1.61. The molecule has 1 N–H and O–H groups in total. The van der Waals surface area contributed by atoms with Crippen LogP contribution in [-0.2, 0) is 19.7 Å². The van der Waals surface area contributed by atoms with Gasteiger partial charge in [0.1, 0.15) is 5.82 Å². The lowest BCUT2D eigenvalue weighted by molar-refractivity contribution is 0.280. The van der Waals surface area contributed by atoms with Gasteiger partial charge in [-0.3, -0.25) is 0 Å². The highest BCUT2D eigenvalue weighted by atomic mass is 35.5. The minimum Gasteiger partial charge on any atom is -0.392 e. The second-order valence-corrected chi connectivity index (χ2v) is 7.47. The molecule has 0 fully saturated rings. The van der Waals surface area contributed by atoms with Gasteiger partial charge in [-0.15, -0.1) is 0 Å². The summed E-state index contributed by atoms with van der Waals surface area (Å²) in [4.78, 5) is 2.14. The quantitative estimate of drug-likeness (QED) is 0.436. The fourth-order valence-electron chi connectivity index (χ4n) is 3.36. The zero-order valence-electron chi connectivity index (χ0n) is 16.2. The van der Waals surface area contributed by atoms with Crippen molar-refractivity contribution in [2.24, 2.45) is 0 Å². The van der Waals surface area contributed by atoms with Crippen molar-refractivity contribution in [3.8, 4) is 5.69 Å². The Bertz CT molecular complexity index is 1110. The summed E-state index contributed by atoms with van der Waals surface area (Å²) in [5.41, 5.74) is 4.72. The molecule has 1 heterocycles. The van der Waals surface area contributed by atoms with Crippen molar-refractivity contribution in [2.75, 3.05) is 4.90 Å². The largest absolute Gasteiger partial charge is 0.392 e. The van der Waals surface area contributed by atoms with Crippen molar-refractivity contribution < 1.29 is 9.50 Å². The molecule has 152 valence electrons. The molecule has 0 bridgehead atoms. The van der Waals surface area contributed by atoms with Crippen LogP contribution in [0.15, 0.2) is 85.2 Å². The first-order chi connectivity index (χ1) is 14.6. The number of hydrogen-bond acceptors (Lipinski definition) is 3. The van der Waals surface area contributed by atoms with Gasteiger partial charge in [-0.05, 0) is 59.7 Å². The van der Waals surface area contributed by atoms with Crippen LogP contribution in [0.3, 0.4) is 0 Å². The SMILES string of the molecule is OCc1ccccc1CN(Cc1cnn(-c2ccc(Cl)cc2)c1)c1ccc(F)cc1. The number of hydrogen-bond donors (Lipinski definition) is 1. The third-order valence-corrected chi connectivity index (χ3v) is 5.19. The number of rotatable bonds is 7. The van der Waals surface area contributed by atoms with Gasteiger partial charge < -0.3 is 10.0 Å². The van der Waals surface area contributed by atoms with Crippen LogP contribution in [0.4, 0.5) is 10.1 Å². The zero-order valence-corrected chi connectivity index (χ0v) is 17.0. The second-order valence-electron chi connectivity index (χ2n) is 7.03. The van der Waals surface area contributed by atoms with E-state index in [1.807, 2.05) is 60.9 Å². The van der Waals surface area contributed by atoms with E-state index >= 15 is 0 Å². The lowest BCUT2D eigenvalue weighted by atomic mass is 10.1. The molecule has 4 nitrogen and oxygen atoms in total. The van der Waals surface area contributed by atoms with E-state index in [-0.39, 0.29) is 12.4 Å². The first-order valence-corrected chi connectivity index (χ1v) is 9.98. The molecule has 0 aliphatic heterocycles. The predicted octanol–water partition coefficient (Wildman–Crippen LogP) is 5.36. The van der Waals surface area contributed by atoms with Gasteiger partial charge in [0.2, 0.25) is 0 Å². The van der Waals surface area contributed by atoms with Crippen LogP contribution in [0.5, 0.6) is 0 Å². The van der Waals surface area contributed by atoms with Crippen LogP contribution in [0, 0.1) is 5.82 Å². The fraction of sp³-hybridized carbons (Fsp3) is 0.125. The molecule has 3 aromatic carbocycles. The molecule has 0 unspecified atom stereocenters. The van der Waals surface area contributed by atoms with Crippen LogP contribution in [-0.4, -0.2) is 14.9 Å². The molecule has 1 aromatic heterocycles. The van der Waals surface area contributed by atoms with E-state index < -0.39 is 0 Å². The Kier molecular flexibility index (Phi) is 6.12. The van der Waals surface area contributed by atoms with E-state index in [2.05, 4.69) is 10.00 Å². The van der Waals surface area contributed by atoms with E-state index in [9.17, 15) is 9.50 Å². The second kappa shape index (κ2) is 9.11. The highest BCUT2D eigenvalue weighted by molar-refractivity contribution is 6.30. The number of benzene rings is 3. The highest BCUT2D eigenvalue weighted by Gasteiger charge is 2.13. The number of aromatic nitrogens is 2. The third-order valence-electron chi connectivity index (χ3n) is 4.94. The topological polar surface area (TPSA) is 41.3 Å². The zero-order chi connectivity index (χ0) is 20.9. The number of aliphatic hydroxyl groups is 1. The summed E-state index contributed by atoms with van der Waals surface area (Å²) in [5.74, 6) is -0.273. The summed E-state index contributed by atoms with van der Waals surface area (Å²) in [6.45, 7) is 1.13. The van der Waals surface area contributed by atoms with Gasteiger partial charge in [-0.1, -0.05) is 35.9 Å². The molecule has 0 saturated heterocycles. The number of halogens is 2.